The zero-order chi connectivity index (χ0) is 32.0. The molecule has 2 N–H and O–H groups in total. The minimum atomic E-state index is -0.975. The third kappa shape index (κ3) is 8.47. The molecule has 0 radical (unpaired) electrons. The van der Waals surface area contributed by atoms with Crippen LogP contribution in [0.5, 0.6) is 0 Å². The van der Waals surface area contributed by atoms with Crippen LogP contribution in [0.1, 0.15) is 62.9 Å². The number of rotatable bonds is 9. The second-order valence-electron chi connectivity index (χ2n) is 12.6. The maximum absolute atomic E-state index is 14.6. The van der Waals surface area contributed by atoms with E-state index in [1.165, 1.54) is 0 Å². The average molecular weight is 594 g/mol. The zero-order valence-electron chi connectivity index (χ0n) is 26.7. The summed E-state index contributed by atoms with van der Waals surface area (Å²) in [6.45, 7) is 13.0. The summed E-state index contributed by atoms with van der Waals surface area (Å²) in [6, 6.07) is 26.8. The minimum Gasteiger partial charge on any atom is -0.444 e. The molecule has 0 spiro atoms. The lowest BCUT2D eigenvalue weighted by Crippen LogP contribution is -2.55. The highest BCUT2D eigenvalue weighted by atomic mass is 16.6. The third-order valence-electron chi connectivity index (χ3n) is 7.19. The van der Waals surface area contributed by atoms with Crippen molar-refractivity contribution in [1.82, 2.24) is 10.2 Å². The van der Waals surface area contributed by atoms with Crippen LogP contribution < -0.4 is 10.6 Å². The van der Waals surface area contributed by atoms with E-state index in [1.54, 1.807) is 25.7 Å². The van der Waals surface area contributed by atoms with Gasteiger partial charge in [-0.25, -0.2) is 4.79 Å². The number of ether oxygens (including phenoxy) is 1. The fourth-order valence-electron chi connectivity index (χ4n) is 5.44. The van der Waals surface area contributed by atoms with E-state index >= 15 is 0 Å². The van der Waals surface area contributed by atoms with E-state index in [4.69, 9.17) is 4.74 Å². The largest absolute Gasteiger partial charge is 0.444 e. The molecule has 7 nitrogen and oxygen atoms in total. The van der Waals surface area contributed by atoms with Crippen molar-refractivity contribution in [1.29, 1.82) is 0 Å². The highest BCUT2D eigenvalue weighted by Gasteiger charge is 2.38. The van der Waals surface area contributed by atoms with Gasteiger partial charge in [-0.1, -0.05) is 90.0 Å². The molecule has 0 aromatic heterocycles. The molecule has 0 saturated carbocycles. The van der Waals surface area contributed by atoms with Gasteiger partial charge in [0.1, 0.15) is 17.7 Å². The van der Waals surface area contributed by atoms with Crippen molar-refractivity contribution in [2.24, 2.45) is 0 Å². The van der Waals surface area contributed by atoms with Gasteiger partial charge in [-0.2, -0.15) is 0 Å². The van der Waals surface area contributed by atoms with Gasteiger partial charge in [0.25, 0.3) is 5.91 Å². The molecule has 0 bridgehead atoms. The van der Waals surface area contributed by atoms with Gasteiger partial charge in [0, 0.05) is 18.2 Å². The normalized spacial score (nSPS) is 12.8. The molecule has 0 heterocycles. The van der Waals surface area contributed by atoms with Crippen LogP contribution in [0.2, 0.25) is 0 Å². The summed E-state index contributed by atoms with van der Waals surface area (Å²) in [5, 5.41) is 7.95. The number of nitrogens with zero attached hydrogens (tertiary/aromatic N) is 1. The van der Waals surface area contributed by atoms with Gasteiger partial charge in [0.15, 0.2) is 0 Å². The molecular weight excluding hydrogens is 550 g/mol. The van der Waals surface area contributed by atoms with Crippen LogP contribution in [0.15, 0.2) is 91.0 Å². The maximum atomic E-state index is 14.6. The molecule has 0 fully saturated rings. The van der Waals surface area contributed by atoms with Crippen LogP contribution in [0.4, 0.5) is 10.5 Å². The Morgan fingerprint density at radius 2 is 1.41 bits per heavy atom. The topological polar surface area (TPSA) is 87.7 Å². The molecular formula is C37H43N3O4. The van der Waals surface area contributed by atoms with Crippen LogP contribution in [0.25, 0.3) is 10.8 Å². The number of carbonyl (C=O) groups excluding carboxylic acids is 3. The third-order valence-corrected chi connectivity index (χ3v) is 7.19. The molecule has 0 aliphatic rings. The van der Waals surface area contributed by atoms with E-state index < -0.39 is 23.8 Å². The zero-order valence-corrected chi connectivity index (χ0v) is 26.7. The first-order valence-corrected chi connectivity index (χ1v) is 15.0. The molecule has 0 saturated heterocycles. The fraction of sp³-hybridized carbons (Fsp3) is 0.324. The smallest absolute Gasteiger partial charge is 0.408 e. The number of hydrogen-bond acceptors (Lipinski definition) is 4. The maximum Gasteiger partial charge on any atom is 0.408 e. The SMILES string of the molecule is Cc1cc(C)cc(C(C(=O)Nc2ccc3ccccc3c2)N(C(=O)C(Cc2ccccc2)NC(=O)OC(C)(C)C)C(C)C)c1. The van der Waals surface area contributed by atoms with Crippen LogP contribution in [-0.2, 0) is 20.7 Å². The molecule has 0 aliphatic carbocycles. The number of hydrogen-bond donors (Lipinski definition) is 2. The Labute approximate surface area is 260 Å². The highest BCUT2D eigenvalue weighted by Crippen LogP contribution is 2.29. The Kier molecular flexibility index (Phi) is 10.1. The van der Waals surface area contributed by atoms with E-state index in [0.29, 0.717) is 11.3 Å². The predicted octanol–water partition coefficient (Wildman–Crippen LogP) is 7.51. The molecule has 0 aliphatic heterocycles. The van der Waals surface area contributed by atoms with Gasteiger partial charge in [0.2, 0.25) is 5.91 Å². The van der Waals surface area contributed by atoms with Crippen LogP contribution >= 0.6 is 0 Å². The van der Waals surface area contributed by atoms with E-state index in [1.807, 2.05) is 119 Å². The van der Waals surface area contributed by atoms with Gasteiger partial charge in [0.05, 0.1) is 0 Å². The Hall–Kier alpha value is -4.65. The van der Waals surface area contributed by atoms with E-state index in [9.17, 15) is 14.4 Å². The molecule has 4 rings (SSSR count). The number of amides is 3. The molecule has 230 valence electrons. The van der Waals surface area contributed by atoms with Crippen molar-refractivity contribution in [2.45, 2.75) is 78.6 Å². The first-order chi connectivity index (χ1) is 20.8. The summed E-state index contributed by atoms with van der Waals surface area (Å²) in [7, 11) is 0. The first kappa shape index (κ1) is 32.3. The molecule has 7 heteroatoms. The number of fused-ring (bicyclic) bond motifs is 1. The van der Waals surface area contributed by atoms with Gasteiger partial charge in [-0.05, 0) is 82.5 Å². The van der Waals surface area contributed by atoms with Gasteiger partial charge >= 0.3 is 6.09 Å². The van der Waals surface area contributed by atoms with Crippen molar-refractivity contribution in [2.75, 3.05) is 5.32 Å². The van der Waals surface area contributed by atoms with Crippen LogP contribution in [0, 0.1) is 13.8 Å². The van der Waals surface area contributed by atoms with Crippen molar-refractivity contribution < 1.29 is 19.1 Å². The number of nitrogens with one attached hydrogen (secondary N) is 2. The summed E-state index contributed by atoms with van der Waals surface area (Å²) in [5.41, 5.74) is 3.41. The van der Waals surface area contributed by atoms with Crippen molar-refractivity contribution in [3.63, 3.8) is 0 Å². The quantitative estimate of drug-likeness (QED) is 0.210. The van der Waals surface area contributed by atoms with Crippen molar-refractivity contribution in [3.8, 4) is 0 Å². The van der Waals surface area contributed by atoms with E-state index in [2.05, 4.69) is 10.6 Å². The van der Waals surface area contributed by atoms with Crippen LogP contribution in [0.3, 0.4) is 0 Å². The highest BCUT2D eigenvalue weighted by molar-refractivity contribution is 6.00. The number of aryl methyl sites for hydroxylation is 2. The number of benzene rings is 4. The van der Waals surface area contributed by atoms with Crippen molar-refractivity contribution in [3.05, 3.63) is 113 Å². The first-order valence-electron chi connectivity index (χ1n) is 15.0. The Bertz CT molecular complexity index is 1600. The second kappa shape index (κ2) is 13.8. The van der Waals surface area contributed by atoms with Crippen LogP contribution in [-0.4, -0.2) is 40.5 Å². The molecule has 2 atom stereocenters. The Morgan fingerprint density at radius 1 is 0.795 bits per heavy atom. The van der Waals surface area contributed by atoms with E-state index in [-0.39, 0.29) is 24.3 Å². The molecule has 4 aromatic carbocycles. The second-order valence-corrected chi connectivity index (χ2v) is 12.6. The lowest BCUT2D eigenvalue weighted by Gasteiger charge is -2.37. The predicted molar refractivity (Wildman–Crippen MR) is 177 cm³/mol. The summed E-state index contributed by atoms with van der Waals surface area (Å²) in [4.78, 5) is 43.4. The minimum absolute atomic E-state index is 0.230. The molecule has 4 aromatic rings. The fourth-order valence-corrected chi connectivity index (χ4v) is 5.44. The number of anilines is 1. The number of carbonyl (C=O) groups is 3. The summed E-state index contributed by atoms with van der Waals surface area (Å²) < 4.78 is 5.53. The van der Waals surface area contributed by atoms with Gasteiger partial charge < -0.3 is 20.3 Å². The number of alkyl carbamates (subject to hydrolysis) is 1. The summed E-state index contributed by atoms with van der Waals surface area (Å²) in [6.07, 6.45) is -0.465. The summed E-state index contributed by atoms with van der Waals surface area (Å²) in [5.74, 6) is -0.726. The van der Waals surface area contributed by atoms with Gasteiger partial charge in [-0.15, -0.1) is 0 Å². The van der Waals surface area contributed by atoms with Gasteiger partial charge in [-0.3, -0.25) is 9.59 Å². The van der Waals surface area contributed by atoms with E-state index in [0.717, 1.165) is 27.5 Å². The molecule has 3 amide bonds. The molecule has 2 unspecified atom stereocenters. The van der Waals surface area contributed by atoms with Crippen molar-refractivity contribution >= 4 is 34.4 Å². The Balaban J connectivity index is 1.76. The Morgan fingerprint density at radius 3 is 2.02 bits per heavy atom. The lowest BCUT2D eigenvalue weighted by atomic mass is 9.96. The standard InChI is InChI=1S/C37H43N3O4/c1-24(2)40(35(42)32(22-27-13-9-8-10-14-27)39-36(43)44-37(5,6)7)33(30-20-25(3)19-26(4)21-30)34(41)38-31-18-17-28-15-11-12-16-29(28)23-31/h8-21,23-24,32-33H,22H2,1-7H3,(H,38,41)(H,39,43). The molecule has 44 heavy (non-hydrogen) atoms. The average Bonchev–Trinajstić information content (AvgIpc) is 2.94. The lowest BCUT2D eigenvalue weighted by molar-refractivity contribution is -0.142. The summed E-state index contributed by atoms with van der Waals surface area (Å²) >= 11 is 0. The monoisotopic (exact) mass is 593 g/mol.